The van der Waals surface area contributed by atoms with Gasteiger partial charge < -0.3 is 15.0 Å². The van der Waals surface area contributed by atoms with Gasteiger partial charge in [-0.05, 0) is 18.8 Å². The molecule has 108 valence electrons. The van der Waals surface area contributed by atoms with E-state index in [4.69, 9.17) is 4.74 Å². The molecule has 7 nitrogen and oxygen atoms in total. The van der Waals surface area contributed by atoms with Crippen molar-refractivity contribution in [2.24, 2.45) is 5.92 Å². The fraction of sp³-hybridized carbons (Fsp3) is 0.615. The number of methoxy groups -OCH3 is 1. The van der Waals surface area contributed by atoms with Gasteiger partial charge in [0.05, 0.1) is 18.2 Å². The molecule has 0 aromatic carbocycles. The van der Waals surface area contributed by atoms with Crippen LogP contribution in [0.25, 0.3) is 11.0 Å². The summed E-state index contributed by atoms with van der Waals surface area (Å²) >= 11 is 0. The Hall–Kier alpha value is -1.89. The molecule has 0 spiro atoms. The third kappa shape index (κ3) is 2.40. The van der Waals surface area contributed by atoms with Crippen molar-refractivity contribution >= 4 is 22.8 Å². The molecule has 1 saturated heterocycles. The molecule has 20 heavy (non-hydrogen) atoms. The molecule has 0 aliphatic carbocycles. The highest BCUT2D eigenvalue weighted by atomic mass is 16.5. The number of anilines is 2. The Labute approximate surface area is 117 Å². The number of rotatable bonds is 4. The van der Waals surface area contributed by atoms with Crippen LogP contribution in [0, 0.1) is 5.92 Å². The SMILES string of the molecule is CNc1nc(N2CCCC(COC)C2)c2cn[nH]c2n1. The zero-order valence-corrected chi connectivity index (χ0v) is 11.9. The van der Waals surface area contributed by atoms with E-state index in [1.165, 1.54) is 6.42 Å². The van der Waals surface area contributed by atoms with Gasteiger partial charge in [-0.15, -0.1) is 0 Å². The summed E-state index contributed by atoms with van der Waals surface area (Å²) in [6.45, 7) is 2.78. The molecule has 3 rings (SSSR count). The fourth-order valence-corrected chi connectivity index (χ4v) is 2.80. The van der Waals surface area contributed by atoms with Crippen molar-refractivity contribution in [1.29, 1.82) is 0 Å². The number of ether oxygens (including phenoxy) is 1. The highest BCUT2D eigenvalue weighted by molar-refractivity contribution is 5.87. The van der Waals surface area contributed by atoms with E-state index in [0.29, 0.717) is 11.9 Å². The molecule has 2 N–H and O–H groups in total. The maximum absolute atomic E-state index is 5.29. The van der Waals surface area contributed by atoms with Crippen molar-refractivity contribution in [3.8, 4) is 0 Å². The maximum Gasteiger partial charge on any atom is 0.226 e. The van der Waals surface area contributed by atoms with Crippen LogP contribution in [-0.4, -0.2) is 54.0 Å². The number of aromatic amines is 1. The third-order valence-corrected chi connectivity index (χ3v) is 3.73. The van der Waals surface area contributed by atoms with Crippen molar-refractivity contribution in [2.45, 2.75) is 12.8 Å². The summed E-state index contributed by atoms with van der Waals surface area (Å²) < 4.78 is 5.29. The number of hydrogen-bond acceptors (Lipinski definition) is 6. The Morgan fingerprint density at radius 2 is 2.40 bits per heavy atom. The number of fused-ring (bicyclic) bond motifs is 1. The number of H-pyrrole nitrogens is 1. The summed E-state index contributed by atoms with van der Waals surface area (Å²) in [5.41, 5.74) is 0.771. The minimum atomic E-state index is 0.559. The Morgan fingerprint density at radius 1 is 1.50 bits per heavy atom. The van der Waals surface area contributed by atoms with Gasteiger partial charge in [0.2, 0.25) is 5.95 Å². The van der Waals surface area contributed by atoms with Crippen LogP contribution in [0.4, 0.5) is 11.8 Å². The minimum Gasteiger partial charge on any atom is -0.384 e. The van der Waals surface area contributed by atoms with E-state index in [1.54, 1.807) is 13.3 Å². The zero-order chi connectivity index (χ0) is 13.9. The fourth-order valence-electron chi connectivity index (χ4n) is 2.80. The predicted molar refractivity (Wildman–Crippen MR) is 78.0 cm³/mol. The van der Waals surface area contributed by atoms with E-state index in [-0.39, 0.29) is 0 Å². The molecule has 0 amide bonds. The molecule has 1 aliphatic heterocycles. The Morgan fingerprint density at radius 3 is 3.20 bits per heavy atom. The van der Waals surface area contributed by atoms with Crippen LogP contribution in [0.3, 0.4) is 0 Å². The van der Waals surface area contributed by atoms with Gasteiger partial charge in [-0.25, -0.2) is 0 Å². The largest absolute Gasteiger partial charge is 0.384 e. The minimum absolute atomic E-state index is 0.559. The highest BCUT2D eigenvalue weighted by Gasteiger charge is 2.23. The van der Waals surface area contributed by atoms with E-state index >= 15 is 0 Å². The summed E-state index contributed by atoms with van der Waals surface area (Å²) in [6, 6.07) is 0. The Bertz CT molecular complexity index is 581. The van der Waals surface area contributed by atoms with Gasteiger partial charge in [-0.1, -0.05) is 0 Å². The second kappa shape index (κ2) is 5.62. The number of piperidine rings is 1. The molecular weight excluding hydrogens is 256 g/mol. The molecule has 0 saturated carbocycles. The monoisotopic (exact) mass is 276 g/mol. The summed E-state index contributed by atoms with van der Waals surface area (Å²) in [5.74, 6) is 2.13. The number of nitrogens with one attached hydrogen (secondary N) is 2. The molecule has 1 unspecified atom stereocenters. The van der Waals surface area contributed by atoms with Crippen LogP contribution in [0.1, 0.15) is 12.8 Å². The van der Waals surface area contributed by atoms with Gasteiger partial charge in [0, 0.05) is 27.2 Å². The topological polar surface area (TPSA) is 79.0 Å². The number of aromatic nitrogens is 4. The van der Waals surface area contributed by atoms with Gasteiger partial charge in [0.25, 0.3) is 0 Å². The summed E-state index contributed by atoms with van der Waals surface area (Å²) in [6.07, 6.45) is 4.17. The van der Waals surface area contributed by atoms with E-state index in [9.17, 15) is 0 Å². The summed E-state index contributed by atoms with van der Waals surface area (Å²) in [7, 11) is 3.59. The van der Waals surface area contributed by atoms with Gasteiger partial charge in [0.1, 0.15) is 5.82 Å². The molecule has 1 fully saturated rings. The van der Waals surface area contributed by atoms with E-state index in [0.717, 1.165) is 43.0 Å². The van der Waals surface area contributed by atoms with E-state index < -0.39 is 0 Å². The van der Waals surface area contributed by atoms with E-state index in [2.05, 4.69) is 30.4 Å². The molecular formula is C13H20N6O. The average Bonchev–Trinajstić information content (AvgIpc) is 2.95. The molecule has 1 atom stereocenters. The first-order chi connectivity index (χ1) is 9.81. The van der Waals surface area contributed by atoms with Gasteiger partial charge >= 0.3 is 0 Å². The lowest BCUT2D eigenvalue weighted by Crippen LogP contribution is -2.37. The number of nitrogens with zero attached hydrogens (tertiary/aromatic N) is 4. The molecule has 0 bridgehead atoms. The van der Waals surface area contributed by atoms with Crippen LogP contribution in [0.5, 0.6) is 0 Å². The average molecular weight is 276 g/mol. The van der Waals surface area contributed by atoms with Gasteiger partial charge in [-0.3, -0.25) is 5.10 Å². The molecule has 0 radical (unpaired) electrons. The second-order valence-electron chi connectivity index (χ2n) is 5.16. The molecule has 2 aromatic rings. The first kappa shape index (κ1) is 13.1. The number of hydrogen-bond donors (Lipinski definition) is 2. The van der Waals surface area contributed by atoms with Crippen LogP contribution in [0.15, 0.2) is 6.20 Å². The van der Waals surface area contributed by atoms with Gasteiger partial charge in [0.15, 0.2) is 5.65 Å². The van der Waals surface area contributed by atoms with Crippen LogP contribution < -0.4 is 10.2 Å². The van der Waals surface area contributed by atoms with Gasteiger partial charge in [-0.2, -0.15) is 15.1 Å². The maximum atomic E-state index is 5.29. The molecule has 7 heteroatoms. The highest BCUT2D eigenvalue weighted by Crippen LogP contribution is 2.28. The summed E-state index contributed by atoms with van der Waals surface area (Å²) in [4.78, 5) is 11.3. The standard InChI is InChI=1S/C13H20N6O/c1-14-13-16-11-10(6-15-18-11)12(17-13)19-5-3-4-9(7-19)8-20-2/h6,9H,3-5,7-8H2,1-2H3,(H2,14,15,16,17,18). The zero-order valence-electron chi connectivity index (χ0n) is 11.9. The Kier molecular flexibility index (Phi) is 3.68. The van der Waals surface area contributed by atoms with Crippen molar-refractivity contribution < 1.29 is 4.74 Å². The van der Waals surface area contributed by atoms with Crippen molar-refractivity contribution in [1.82, 2.24) is 20.2 Å². The van der Waals surface area contributed by atoms with Crippen LogP contribution in [0.2, 0.25) is 0 Å². The molecule has 2 aromatic heterocycles. The van der Waals surface area contributed by atoms with Crippen LogP contribution in [-0.2, 0) is 4.74 Å². The third-order valence-electron chi connectivity index (χ3n) is 3.73. The summed E-state index contributed by atoms with van der Waals surface area (Å²) in [5, 5.41) is 11.0. The lowest BCUT2D eigenvalue weighted by atomic mass is 9.99. The van der Waals surface area contributed by atoms with Crippen molar-refractivity contribution in [2.75, 3.05) is 44.1 Å². The second-order valence-corrected chi connectivity index (χ2v) is 5.16. The molecule has 3 heterocycles. The first-order valence-electron chi connectivity index (χ1n) is 6.94. The van der Waals surface area contributed by atoms with Crippen LogP contribution >= 0.6 is 0 Å². The predicted octanol–water partition coefficient (Wildman–Crippen LogP) is 1.26. The lowest BCUT2D eigenvalue weighted by Gasteiger charge is -2.33. The van der Waals surface area contributed by atoms with Crippen molar-refractivity contribution in [3.05, 3.63) is 6.20 Å². The normalized spacial score (nSPS) is 19.5. The van der Waals surface area contributed by atoms with Crippen molar-refractivity contribution in [3.63, 3.8) is 0 Å². The van der Waals surface area contributed by atoms with E-state index in [1.807, 2.05) is 7.05 Å². The first-order valence-corrected chi connectivity index (χ1v) is 6.94. The molecule has 1 aliphatic rings. The smallest absolute Gasteiger partial charge is 0.226 e. The lowest BCUT2D eigenvalue weighted by molar-refractivity contribution is 0.143. The quantitative estimate of drug-likeness (QED) is 0.875. The Balaban J connectivity index is 1.93.